The molecule has 29 heavy (non-hydrogen) atoms. The Hall–Kier alpha value is -2.12. The number of nitrogens with zero attached hydrogens (tertiary/aromatic N) is 2. The Labute approximate surface area is 176 Å². The summed E-state index contributed by atoms with van der Waals surface area (Å²) in [6.45, 7) is 9.94. The van der Waals surface area contributed by atoms with Crippen molar-refractivity contribution in [2.75, 3.05) is 47.4 Å². The fourth-order valence-electron chi connectivity index (χ4n) is 2.88. The number of guanidine groups is 1. The van der Waals surface area contributed by atoms with Gasteiger partial charge in [-0.2, -0.15) is 0 Å². The number of ether oxygens (including phenoxy) is 1. The Morgan fingerprint density at radius 2 is 1.93 bits per heavy atom. The highest BCUT2D eigenvalue weighted by Gasteiger charge is 2.13. The Bertz CT molecular complexity index is 631. The topological polar surface area (TPSA) is 78.0 Å². The molecule has 0 spiro atoms. The first-order chi connectivity index (χ1) is 13.9. The van der Waals surface area contributed by atoms with Crippen LogP contribution in [0.2, 0.25) is 0 Å². The number of rotatable bonds is 12. The van der Waals surface area contributed by atoms with Crippen LogP contribution in [0, 0.1) is 5.92 Å². The summed E-state index contributed by atoms with van der Waals surface area (Å²) < 4.78 is 5.78. The van der Waals surface area contributed by atoms with E-state index in [0.717, 1.165) is 37.6 Å². The van der Waals surface area contributed by atoms with Crippen molar-refractivity contribution < 1.29 is 9.53 Å². The SMILES string of the molecule is CCOC(CCNC(=NC)NCc1cccc(C(=O)NCCN(C)C)c1)C(C)C. The zero-order chi connectivity index (χ0) is 21.6. The van der Waals surface area contributed by atoms with E-state index in [0.29, 0.717) is 24.6 Å². The lowest BCUT2D eigenvalue weighted by Crippen LogP contribution is -2.39. The highest BCUT2D eigenvalue weighted by Crippen LogP contribution is 2.10. The molecule has 0 aromatic heterocycles. The largest absolute Gasteiger partial charge is 0.378 e. The number of carbonyl (C=O) groups excluding carboxylic acids is 1. The maximum Gasteiger partial charge on any atom is 0.251 e. The molecule has 164 valence electrons. The lowest BCUT2D eigenvalue weighted by Gasteiger charge is -2.21. The normalized spacial score (nSPS) is 12.9. The van der Waals surface area contributed by atoms with E-state index >= 15 is 0 Å². The summed E-state index contributed by atoms with van der Waals surface area (Å²) in [4.78, 5) is 18.6. The second-order valence-electron chi connectivity index (χ2n) is 7.64. The maximum absolute atomic E-state index is 12.3. The van der Waals surface area contributed by atoms with Crippen LogP contribution in [-0.2, 0) is 11.3 Å². The number of hydrogen-bond acceptors (Lipinski definition) is 4. The zero-order valence-electron chi connectivity index (χ0n) is 18.9. The third-order valence-corrected chi connectivity index (χ3v) is 4.56. The predicted molar refractivity (Wildman–Crippen MR) is 120 cm³/mol. The molecule has 0 aliphatic rings. The van der Waals surface area contributed by atoms with Gasteiger partial charge in [-0.05, 0) is 51.1 Å². The molecular formula is C22H39N5O2. The monoisotopic (exact) mass is 405 g/mol. The minimum atomic E-state index is -0.0492. The minimum Gasteiger partial charge on any atom is -0.378 e. The van der Waals surface area contributed by atoms with Gasteiger partial charge in [0, 0.05) is 45.4 Å². The Morgan fingerprint density at radius 1 is 1.17 bits per heavy atom. The van der Waals surface area contributed by atoms with E-state index in [1.54, 1.807) is 7.05 Å². The van der Waals surface area contributed by atoms with Gasteiger partial charge in [-0.3, -0.25) is 9.79 Å². The summed E-state index contributed by atoms with van der Waals surface area (Å²) in [7, 11) is 5.73. The van der Waals surface area contributed by atoms with Gasteiger partial charge < -0.3 is 25.6 Å². The van der Waals surface area contributed by atoms with Crippen LogP contribution >= 0.6 is 0 Å². The molecule has 0 saturated carbocycles. The summed E-state index contributed by atoms with van der Waals surface area (Å²) in [5, 5.41) is 9.58. The van der Waals surface area contributed by atoms with E-state index in [1.165, 1.54) is 0 Å². The Kier molecular flexibility index (Phi) is 12.0. The first-order valence-electron chi connectivity index (χ1n) is 10.4. The zero-order valence-corrected chi connectivity index (χ0v) is 18.9. The summed E-state index contributed by atoms with van der Waals surface area (Å²) >= 11 is 0. The summed E-state index contributed by atoms with van der Waals surface area (Å²) in [5.41, 5.74) is 1.70. The van der Waals surface area contributed by atoms with Crippen LogP contribution in [-0.4, -0.2) is 70.3 Å². The molecule has 1 rings (SSSR count). The molecule has 0 radical (unpaired) electrons. The van der Waals surface area contributed by atoms with Crippen molar-refractivity contribution in [1.82, 2.24) is 20.9 Å². The second-order valence-corrected chi connectivity index (χ2v) is 7.64. The third kappa shape index (κ3) is 10.3. The van der Waals surface area contributed by atoms with Gasteiger partial charge in [-0.25, -0.2) is 0 Å². The molecule has 1 unspecified atom stereocenters. The average molecular weight is 406 g/mol. The van der Waals surface area contributed by atoms with E-state index in [-0.39, 0.29) is 12.0 Å². The van der Waals surface area contributed by atoms with Crippen LogP contribution in [0.1, 0.15) is 43.1 Å². The van der Waals surface area contributed by atoms with Crippen molar-refractivity contribution >= 4 is 11.9 Å². The summed E-state index contributed by atoms with van der Waals surface area (Å²) in [6, 6.07) is 7.65. The van der Waals surface area contributed by atoms with Crippen molar-refractivity contribution in [3.8, 4) is 0 Å². The molecule has 1 atom stereocenters. The third-order valence-electron chi connectivity index (χ3n) is 4.56. The fourth-order valence-corrected chi connectivity index (χ4v) is 2.88. The second kappa shape index (κ2) is 14.0. The van der Waals surface area contributed by atoms with Gasteiger partial charge >= 0.3 is 0 Å². The van der Waals surface area contributed by atoms with Gasteiger partial charge in [-0.15, -0.1) is 0 Å². The van der Waals surface area contributed by atoms with E-state index in [4.69, 9.17) is 4.74 Å². The minimum absolute atomic E-state index is 0.0492. The number of amides is 1. The Balaban J connectivity index is 2.49. The van der Waals surface area contributed by atoms with Crippen LogP contribution in [0.3, 0.4) is 0 Å². The smallest absolute Gasteiger partial charge is 0.251 e. The van der Waals surface area contributed by atoms with E-state index in [1.807, 2.05) is 50.2 Å². The molecule has 1 aromatic rings. The quantitative estimate of drug-likeness (QED) is 0.367. The highest BCUT2D eigenvalue weighted by atomic mass is 16.5. The van der Waals surface area contributed by atoms with E-state index in [2.05, 4.69) is 34.8 Å². The molecule has 0 heterocycles. The van der Waals surface area contributed by atoms with Crippen molar-refractivity contribution in [2.24, 2.45) is 10.9 Å². The number of benzene rings is 1. The first kappa shape index (κ1) is 24.9. The standard InChI is InChI=1S/C22H39N5O2/c1-7-29-20(17(2)3)11-12-25-22(23-4)26-16-18-9-8-10-19(15-18)21(28)24-13-14-27(5)6/h8-10,15,17,20H,7,11-14,16H2,1-6H3,(H,24,28)(H2,23,25,26). The number of likely N-dealkylation sites (N-methyl/N-ethyl adjacent to an activating group) is 1. The number of nitrogens with one attached hydrogen (secondary N) is 3. The van der Waals surface area contributed by atoms with E-state index in [9.17, 15) is 4.79 Å². The van der Waals surface area contributed by atoms with Gasteiger partial charge in [0.2, 0.25) is 0 Å². The number of aliphatic imine (C=N–C) groups is 1. The van der Waals surface area contributed by atoms with Crippen LogP contribution < -0.4 is 16.0 Å². The van der Waals surface area contributed by atoms with Crippen molar-refractivity contribution in [3.05, 3.63) is 35.4 Å². The van der Waals surface area contributed by atoms with Crippen LogP contribution in [0.4, 0.5) is 0 Å². The molecule has 1 aromatic carbocycles. The van der Waals surface area contributed by atoms with Crippen molar-refractivity contribution in [2.45, 2.75) is 39.8 Å². The maximum atomic E-state index is 12.3. The van der Waals surface area contributed by atoms with Crippen LogP contribution in [0.25, 0.3) is 0 Å². The van der Waals surface area contributed by atoms with E-state index < -0.39 is 0 Å². The van der Waals surface area contributed by atoms with Gasteiger partial charge in [0.05, 0.1) is 6.10 Å². The molecule has 0 aliphatic carbocycles. The van der Waals surface area contributed by atoms with Gasteiger partial charge in [0.25, 0.3) is 5.91 Å². The summed E-state index contributed by atoms with van der Waals surface area (Å²) in [6.07, 6.45) is 1.17. The molecule has 0 saturated heterocycles. The molecule has 7 heteroatoms. The molecule has 0 fully saturated rings. The predicted octanol–water partition coefficient (Wildman–Crippen LogP) is 2.09. The molecule has 1 amide bonds. The summed E-state index contributed by atoms with van der Waals surface area (Å²) in [5.74, 6) is 1.18. The molecule has 0 aliphatic heterocycles. The molecular weight excluding hydrogens is 366 g/mol. The van der Waals surface area contributed by atoms with Crippen LogP contribution in [0.15, 0.2) is 29.3 Å². The lowest BCUT2D eigenvalue weighted by molar-refractivity contribution is 0.0258. The van der Waals surface area contributed by atoms with Gasteiger partial charge in [0.1, 0.15) is 0 Å². The average Bonchev–Trinajstić information content (AvgIpc) is 2.69. The Morgan fingerprint density at radius 3 is 2.55 bits per heavy atom. The van der Waals surface area contributed by atoms with Gasteiger partial charge in [0.15, 0.2) is 5.96 Å². The first-order valence-corrected chi connectivity index (χ1v) is 10.4. The lowest BCUT2D eigenvalue weighted by atomic mass is 10.0. The highest BCUT2D eigenvalue weighted by molar-refractivity contribution is 5.94. The molecule has 3 N–H and O–H groups in total. The van der Waals surface area contributed by atoms with Gasteiger partial charge in [-0.1, -0.05) is 26.0 Å². The molecule has 7 nitrogen and oxygen atoms in total. The molecule has 0 bridgehead atoms. The van der Waals surface area contributed by atoms with Crippen molar-refractivity contribution in [1.29, 1.82) is 0 Å². The number of carbonyl (C=O) groups is 1. The number of hydrogen-bond donors (Lipinski definition) is 3. The van der Waals surface area contributed by atoms with Crippen LogP contribution in [0.5, 0.6) is 0 Å². The fraction of sp³-hybridized carbons (Fsp3) is 0.636. The van der Waals surface area contributed by atoms with Crippen molar-refractivity contribution in [3.63, 3.8) is 0 Å².